The molecule has 0 radical (unpaired) electrons. The van der Waals surface area contributed by atoms with Crippen molar-refractivity contribution in [2.24, 2.45) is 0 Å². The van der Waals surface area contributed by atoms with Crippen LogP contribution in [0.25, 0.3) is 17.5 Å². The van der Waals surface area contributed by atoms with Crippen LogP contribution in [-0.4, -0.2) is 52.1 Å². The maximum Gasteiger partial charge on any atom is 0.269 e. The standard InChI is InChI=1S/C21H19N5O4/c27-21(10-5-16-3-6-17(7-4-16)26(28)29)25-13-11-24(12-14-25)20-9-8-18(22-23-20)19-2-1-15-30-19/h1-10,15H,11-14H2/b10-5+. The van der Waals surface area contributed by atoms with Crippen LogP contribution in [0.1, 0.15) is 5.56 Å². The van der Waals surface area contributed by atoms with E-state index in [0.29, 0.717) is 37.6 Å². The Kier molecular flexibility index (Phi) is 5.51. The number of rotatable bonds is 5. The summed E-state index contributed by atoms with van der Waals surface area (Å²) in [6, 6.07) is 13.5. The highest BCUT2D eigenvalue weighted by atomic mass is 16.6. The van der Waals surface area contributed by atoms with E-state index in [4.69, 9.17) is 4.42 Å². The highest BCUT2D eigenvalue weighted by Gasteiger charge is 2.21. The molecule has 9 nitrogen and oxygen atoms in total. The van der Waals surface area contributed by atoms with Crippen molar-refractivity contribution in [2.45, 2.75) is 0 Å². The molecule has 0 aliphatic carbocycles. The number of furan rings is 1. The number of aromatic nitrogens is 2. The zero-order valence-electron chi connectivity index (χ0n) is 16.0. The monoisotopic (exact) mass is 405 g/mol. The van der Waals surface area contributed by atoms with E-state index in [1.54, 1.807) is 35.4 Å². The molecule has 4 rings (SSSR count). The molecular weight excluding hydrogens is 386 g/mol. The summed E-state index contributed by atoms with van der Waals surface area (Å²) in [7, 11) is 0. The zero-order chi connectivity index (χ0) is 20.9. The number of hydrogen-bond acceptors (Lipinski definition) is 7. The number of piperazine rings is 1. The average molecular weight is 405 g/mol. The van der Waals surface area contributed by atoms with Crippen LogP contribution in [0.4, 0.5) is 11.5 Å². The molecule has 30 heavy (non-hydrogen) atoms. The van der Waals surface area contributed by atoms with Crippen molar-refractivity contribution in [1.29, 1.82) is 0 Å². The highest BCUT2D eigenvalue weighted by Crippen LogP contribution is 2.20. The SMILES string of the molecule is O=C(/C=C/c1ccc([N+](=O)[O-])cc1)N1CCN(c2ccc(-c3ccco3)nn2)CC1. The molecule has 0 saturated carbocycles. The van der Waals surface area contributed by atoms with E-state index in [2.05, 4.69) is 15.1 Å². The van der Waals surface area contributed by atoms with Gasteiger partial charge >= 0.3 is 0 Å². The summed E-state index contributed by atoms with van der Waals surface area (Å²) in [5, 5.41) is 19.2. The summed E-state index contributed by atoms with van der Waals surface area (Å²) in [5.41, 5.74) is 1.43. The molecule has 3 aromatic rings. The van der Waals surface area contributed by atoms with Crippen LogP contribution in [0.3, 0.4) is 0 Å². The number of carbonyl (C=O) groups is 1. The van der Waals surface area contributed by atoms with Crippen LogP contribution in [0.5, 0.6) is 0 Å². The number of nitro groups is 1. The molecule has 0 unspecified atom stereocenters. The molecule has 1 aliphatic heterocycles. The van der Waals surface area contributed by atoms with E-state index in [9.17, 15) is 14.9 Å². The second-order valence-electron chi connectivity index (χ2n) is 6.75. The van der Waals surface area contributed by atoms with Gasteiger partial charge in [-0.1, -0.05) is 0 Å². The minimum atomic E-state index is -0.451. The largest absolute Gasteiger partial charge is 0.463 e. The van der Waals surface area contributed by atoms with Gasteiger partial charge in [0.25, 0.3) is 5.69 Å². The number of anilines is 1. The van der Waals surface area contributed by atoms with Gasteiger partial charge in [-0.05, 0) is 48.0 Å². The molecule has 9 heteroatoms. The fourth-order valence-electron chi connectivity index (χ4n) is 3.19. The van der Waals surface area contributed by atoms with Crippen molar-refractivity contribution in [1.82, 2.24) is 15.1 Å². The smallest absolute Gasteiger partial charge is 0.269 e. The third kappa shape index (κ3) is 4.35. The normalized spacial score (nSPS) is 14.3. The summed E-state index contributed by atoms with van der Waals surface area (Å²) in [5.74, 6) is 1.34. The summed E-state index contributed by atoms with van der Waals surface area (Å²) in [6.45, 7) is 2.47. The van der Waals surface area contributed by atoms with E-state index in [0.717, 1.165) is 11.4 Å². The number of non-ortho nitro benzene ring substituents is 1. The van der Waals surface area contributed by atoms with Gasteiger partial charge in [0.1, 0.15) is 5.69 Å². The summed E-state index contributed by atoms with van der Waals surface area (Å²) >= 11 is 0. The van der Waals surface area contributed by atoms with Crippen molar-refractivity contribution >= 4 is 23.5 Å². The molecule has 1 saturated heterocycles. The summed E-state index contributed by atoms with van der Waals surface area (Å²) in [4.78, 5) is 26.5. The van der Waals surface area contributed by atoms with E-state index >= 15 is 0 Å². The number of benzene rings is 1. The molecule has 0 spiro atoms. The molecule has 0 atom stereocenters. The molecule has 2 aromatic heterocycles. The fraction of sp³-hybridized carbons (Fsp3) is 0.190. The fourth-order valence-corrected chi connectivity index (χ4v) is 3.19. The predicted molar refractivity (Wildman–Crippen MR) is 111 cm³/mol. The van der Waals surface area contributed by atoms with Crippen molar-refractivity contribution in [3.63, 3.8) is 0 Å². The molecule has 3 heterocycles. The van der Waals surface area contributed by atoms with Crippen LogP contribution in [0.2, 0.25) is 0 Å². The number of nitro benzene ring substituents is 1. The molecule has 1 aliphatic rings. The lowest BCUT2D eigenvalue weighted by atomic mass is 10.2. The summed E-state index contributed by atoms with van der Waals surface area (Å²) in [6.07, 6.45) is 4.75. The van der Waals surface area contributed by atoms with Gasteiger partial charge in [0.05, 0.1) is 11.2 Å². The molecular formula is C21H19N5O4. The first-order valence-electron chi connectivity index (χ1n) is 9.44. The Morgan fingerprint density at radius 2 is 1.80 bits per heavy atom. The van der Waals surface area contributed by atoms with Crippen LogP contribution in [0, 0.1) is 10.1 Å². The van der Waals surface area contributed by atoms with Crippen LogP contribution < -0.4 is 4.90 Å². The van der Waals surface area contributed by atoms with Gasteiger partial charge in [-0.15, -0.1) is 10.2 Å². The number of hydrogen-bond donors (Lipinski definition) is 0. The van der Waals surface area contributed by atoms with Crippen LogP contribution >= 0.6 is 0 Å². The minimum absolute atomic E-state index is 0.0230. The quantitative estimate of drug-likeness (QED) is 0.365. The lowest BCUT2D eigenvalue weighted by molar-refractivity contribution is -0.384. The van der Waals surface area contributed by atoms with E-state index < -0.39 is 4.92 Å². The van der Waals surface area contributed by atoms with Gasteiger partial charge in [0.2, 0.25) is 5.91 Å². The molecule has 0 N–H and O–H groups in total. The Morgan fingerprint density at radius 3 is 2.40 bits per heavy atom. The van der Waals surface area contributed by atoms with Gasteiger partial charge in [0.15, 0.2) is 11.6 Å². The second-order valence-corrected chi connectivity index (χ2v) is 6.75. The third-order valence-electron chi connectivity index (χ3n) is 4.86. The van der Waals surface area contributed by atoms with Gasteiger partial charge < -0.3 is 14.2 Å². The molecule has 1 amide bonds. The first kappa shape index (κ1) is 19.3. The maximum atomic E-state index is 12.4. The van der Waals surface area contributed by atoms with Gasteiger partial charge in [0, 0.05) is 44.4 Å². The molecule has 152 valence electrons. The Bertz CT molecular complexity index is 1040. The number of nitrogens with zero attached hydrogens (tertiary/aromatic N) is 5. The Labute approximate surface area is 172 Å². The van der Waals surface area contributed by atoms with E-state index in [1.165, 1.54) is 18.2 Å². The van der Waals surface area contributed by atoms with Crippen LogP contribution in [-0.2, 0) is 4.79 Å². The van der Waals surface area contributed by atoms with E-state index in [-0.39, 0.29) is 11.6 Å². The van der Waals surface area contributed by atoms with E-state index in [1.807, 2.05) is 18.2 Å². The van der Waals surface area contributed by atoms with Crippen molar-refractivity contribution in [2.75, 3.05) is 31.1 Å². The number of amides is 1. The highest BCUT2D eigenvalue weighted by molar-refractivity contribution is 5.92. The van der Waals surface area contributed by atoms with Crippen molar-refractivity contribution < 1.29 is 14.1 Å². The van der Waals surface area contributed by atoms with Crippen molar-refractivity contribution in [3.05, 3.63) is 76.5 Å². The topological polar surface area (TPSA) is 106 Å². The molecule has 1 aromatic carbocycles. The first-order chi connectivity index (χ1) is 14.6. The van der Waals surface area contributed by atoms with Gasteiger partial charge in [-0.3, -0.25) is 14.9 Å². The maximum absolute atomic E-state index is 12.4. The lowest BCUT2D eigenvalue weighted by Crippen LogP contribution is -2.48. The minimum Gasteiger partial charge on any atom is -0.463 e. The first-order valence-corrected chi connectivity index (χ1v) is 9.44. The zero-order valence-corrected chi connectivity index (χ0v) is 16.0. The average Bonchev–Trinajstić information content (AvgIpc) is 3.33. The van der Waals surface area contributed by atoms with Crippen molar-refractivity contribution in [3.8, 4) is 11.5 Å². The number of carbonyl (C=O) groups excluding carboxylic acids is 1. The Morgan fingerprint density at radius 1 is 1.03 bits per heavy atom. The molecule has 1 fully saturated rings. The van der Waals surface area contributed by atoms with Crippen LogP contribution in [0.15, 0.2) is 65.3 Å². The van der Waals surface area contributed by atoms with Gasteiger partial charge in [-0.2, -0.15) is 0 Å². The Balaban J connectivity index is 1.31. The third-order valence-corrected chi connectivity index (χ3v) is 4.86. The van der Waals surface area contributed by atoms with Gasteiger partial charge in [-0.25, -0.2) is 0 Å². The predicted octanol–water partition coefficient (Wildman–Crippen LogP) is 3.01. The second kappa shape index (κ2) is 8.56. The molecule has 0 bridgehead atoms. The summed E-state index contributed by atoms with van der Waals surface area (Å²) < 4.78 is 5.32. The lowest BCUT2D eigenvalue weighted by Gasteiger charge is -2.34. The Hall–Kier alpha value is -4.01.